The number of aryl methyl sites for hydroxylation is 3. The van der Waals surface area contributed by atoms with Crippen LogP contribution in [-0.4, -0.2) is 30.2 Å². The summed E-state index contributed by atoms with van der Waals surface area (Å²) in [5, 5.41) is 9.63. The summed E-state index contributed by atoms with van der Waals surface area (Å²) in [4.78, 5) is 33.6. The van der Waals surface area contributed by atoms with Crippen molar-refractivity contribution in [3.8, 4) is 11.3 Å². The second kappa shape index (κ2) is 6.93. The van der Waals surface area contributed by atoms with Crippen LogP contribution in [0, 0.1) is 0 Å². The van der Waals surface area contributed by atoms with Gasteiger partial charge in [0.25, 0.3) is 5.56 Å². The van der Waals surface area contributed by atoms with E-state index < -0.39 is 0 Å². The van der Waals surface area contributed by atoms with Crippen molar-refractivity contribution in [1.82, 2.24) is 24.3 Å². The molecule has 8 nitrogen and oxygen atoms in total. The zero-order valence-corrected chi connectivity index (χ0v) is 16.6. The van der Waals surface area contributed by atoms with Gasteiger partial charge in [-0.1, -0.05) is 12.1 Å². The molecule has 1 aliphatic carbocycles. The number of nitrogens with zero attached hydrogens (tertiary/aromatic N) is 5. The number of carbonyl (C=O) groups is 1. The Kier molecular flexibility index (Phi) is 4.24. The number of carbonyl (C=O) groups excluding carboxylic acids is 1. The van der Waals surface area contributed by atoms with E-state index in [4.69, 9.17) is 0 Å². The average Bonchev–Trinajstić information content (AvgIpc) is 3.44. The van der Waals surface area contributed by atoms with E-state index in [1.165, 1.54) is 50.7 Å². The Hall–Kier alpha value is -3.33. The van der Waals surface area contributed by atoms with E-state index >= 15 is 0 Å². The molecule has 1 amide bonds. The van der Waals surface area contributed by atoms with Gasteiger partial charge in [0.15, 0.2) is 10.8 Å². The summed E-state index contributed by atoms with van der Waals surface area (Å²) in [5.41, 5.74) is 4.91. The Morgan fingerprint density at radius 2 is 2.14 bits per heavy atom. The Balaban J connectivity index is 1.32. The van der Waals surface area contributed by atoms with Crippen LogP contribution in [0.3, 0.4) is 0 Å². The van der Waals surface area contributed by atoms with Crippen molar-refractivity contribution < 1.29 is 4.79 Å². The quantitative estimate of drug-likeness (QED) is 0.562. The molecule has 1 N–H and O–H groups in total. The number of amides is 1. The third-order valence-electron chi connectivity index (χ3n) is 5.18. The molecule has 146 valence electrons. The summed E-state index contributed by atoms with van der Waals surface area (Å²) < 4.78 is 2.80. The number of benzene rings is 1. The fourth-order valence-electron chi connectivity index (χ4n) is 3.69. The van der Waals surface area contributed by atoms with E-state index in [9.17, 15) is 9.59 Å². The predicted molar refractivity (Wildman–Crippen MR) is 111 cm³/mol. The molecular formula is C20H18N6O2S. The summed E-state index contributed by atoms with van der Waals surface area (Å²) in [7, 11) is 1.72. The third-order valence-corrected chi connectivity index (χ3v) is 5.93. The largest absolute Gasteiger partial charge is 0.300 e. The van der Waals surface area contributed by atoms with Crippen LogP contribution >= 0.6 is 11.3 Å². The number of hydrogen-bond donors (Lipinski definition) is 1. The van der Waals surface area contributed by atoms with Crippen LogP contribution in [0.5, 0.6) is 0 Å². The van der Waals surface area contributed by atoms with Gasteiger partial charge in [-0.25, -0.2) is 9.97 Å². The summed E-state index contributed by atoms with van der Waals surface area (Å²) in [5.74, 6) is -0.327. The lowest BCUT2D eigenvalue weighted by atomic mass is 10.1. The maximum atomic E-state index is 12.5. The van der Waals surface area contributed by atoms with Gasteiger partial charge in [0.05, 0.1) is 11.9 Å². The van der Waals surface area contributed by atoms with Crippen molar-refractivity contribution in [3.05, 3.63) is 57.6 Å². The number of aromatic nitrogens is 5. The minimum Gasteiger partial charge on any atom is -0.300 e. The van der Waals surface area contributed by atoms with Gasteiger partial charge < -0.3 is 5.32 Å². The second-order valence-corrected chi connectivity index (χ2v) is 7.96. The van der Waals surface area contributed by atoms with E-state index in [1.54, 1.807) is 7.05 Å². The minimum absolute atomic E-state index is 0.134. The smallest absolute Gasteiger partial charge is 0.264 e. The molecule has 0 spiro atoms. The van der Waals surface area contributed by atoms with E-state index in [0.29, 0.717) is 16.2 Å². The van der Waals surface area contributed by atoms with Gasteiger partial charge >= 0.3 is 0 Å². The zero-order valence-electron chi connectivity index (χ0n) is 15.8. The molecule has 1 aliphatic rings. The highest BCUT2D eigenvalue weighted by atomic mass is 32.1. The Morgan fingerprint density at radius 3 is 3.03 bits per heavy atom. The molecule has 0 aliphatic heterocycles. The number of rotatable bonds is 4. The van der Waals surface area contributed by atoms with Crippen molar-refractivity contribution in [2.45, 2.75) is 25.8 Å². The summed E-state index contributed by atoms with van der Waals surface area (Å²) >= 11 is 1.37. The highest BCUT2D eigenvalue weighted by Gasteiger charge is 2.15. The first-order valence-corrected chi connectivity index (χ1v) is 10.2. The molecule has 0 bridgehead atoms. The molecule has 0 saturated carbocycles. The molecule has 5 rings (SSSR count). The molecule has 3 aromatic heterocycles. The normalized spacial score (nSPS) is 13.0. The van der Waals surface area contributed by atoms with E-state index in [1.807, 2.05) is 5.38 Å². The highest BCUT2D eigenvalue weighted by molar-refractivity contribution is 7.14. The minimum atomic E-state index is -0.327. The van der Waals surface area contributed by atoms with Gasteiger partial charge in [0.2, 0.25) is 5.91 Å². The lowest BCUT2D eigenvalue weighted by Gasteiger charge is -2.05. The van der Waals surface area contributed by atoms with E-state index in [0.717, 1.165) is 24.1 Å². The van der Waals surface area contributed by atoms with Gasteiger partial charge in [-0.15, -0.1) is 11.3 Å². The molecular weight excluding hydrogens is 388 g/mol. The first-order valence-electron chi connectivity index (χ1n) is 9.33. The number of anilines is 1. The maximum absolute atomic E-state index is 12.5. The Labute approximate surface area is 169 Å². The molecule has 0 unspecified atom stereocenters. The van der Waals surface area contributed by atoms with Crippen LogP contribution < -0.4 is 10.9 Å². The Bertz CT molecular complexity index is 1300. The van der Waals surface area contributed by atoms with Crippen LogP contribution in [-0.2, 0) is 31.2 Å². The van der Waals surface area contributed by atoms with Gasteiger partial charge in [0.1, 0.15) is 18.3 Å². The molecule has 4 aromatic rings. The van der Waals surface area contributed by atoms with Gasteiger partial charge in [0, 0.05) is 18.0 Å². The molecule has 0 atom stereocenters. The lowest BCUT2D eigenvalue weighted by molar-refractivity contribution is -0.116. The fraction of sp³-hybridized carbons (Fsp3) is 0.250. The van der Waals surface area contributed by atoms with Crippen molar-refractivity contribution in [1.29, 1.82) is 0 Å². The first-order chi connectivity index (χ1) is 14.1. The SMILES string of the molecule is Cn1ncc2c(=O)n(CC(=O)Nc3nc(-c4ccc5c(c4)CCC5)cs3)cnc21. The van der Waals surface area contributed by atoms with E-state index in [-0.39, 0.29) is 18.0 Å². The Morgan fingerprint density at radius 1 is 1.28 bits per heavy atom. The highest BCUT2D eigenvalue weighted by Crippen LogP contribution is 2.30. The maximum Gasteiger partial charge on any atom is 0.264 e. The number of fused-ring (bicyclic) bond motifs is 2. The van der Waals surface area contributed by atoms with Crippen LogP contribution in [0.1, 0.15) is 17.5 Å². The van der Waals surface area contributed by atoms with Gasteiger partial charge in [-0.2, -0.15) is 5.10 Å². The second-order valence-electron chi connectivity index (χ2n) is 7.11. The van der Waals surface area contributed by atoms with Crippen LogP contribution in [0.15, 0.2) is 40.9 Å². The first kappa shape index (κ1) is 17.7. The van der Waals surface area contributed by atoms with E-state index in [2.05, 4.69) is 38.6 Å². The molecule has 0 saturated heterocycles. The summed E-state index contributed by atoms with van der Waals surface area (Å²) in [6, 6.07) is 6.44. The third kappa shape index (κ3) is 3.23. The standard InChI is InChI=1S/C20H18N6O2S/c1-25-18-15(8-22-25)19(28)26(11-21-18)9-17(27)24-20-23-16(10-29-20)14-6-5-12-3-2-4-13(12)7-14/h5-8,10-11H,2-4,9H2,1H3,(H,23,24,27). The number of thiazole rings is 1. The molecule has 1 aromatic carbocycles. The predicted octanol–water partition coefficient (Wildman–Crippen LogP) is 2.38. The van der Waals surface area contributed by atoms with Crippen molar-refractivity contribution >= 4 is 33.4 Å². The number of hydrogen-bond acceptors (Lipinski definition) is 6. The summed E-state index contributed by atoms with van der Waals surface area (Å²) in [6.07, 6.45) is 6.29. The molecule has 9 heteroatoms. The lowest BCUT2D eigenvalue weighted by Crippen LogP contribution is -2.27. The summed E-state index contributed by atoms with van der Waals surface area (Å²) in [6.45, 7) is -0.134. The van der Waals surface area contributed by atoms with Gasteiger partial charge in [-0.05, 0) is 36.5 Å². The van der Waals surface area contributed by atoms with Gasteiger partial charge in [-0.3, -0.25) is 18.8 Å². The number of nitrogens with one attached hydrogen (secondary N) is 1. The molecule has 0 fully saturated rings. The average molecular weight is 406 g/mol. The monoisotopic (exact) mass is 406 g/mol. The van der Waals surface area contributed by atoms with Crippen molar-refractivity contribution in [2.75, 3.05) is 5.32 Å². The van der Waals surface area contributed by atoms with Crippen molar-refractivity contribution in [2.24, 2.45) is 7.05 Å². The van der Waals surface area contributed by atoms with Crippen LogP contribution in [0.4, 0.5) is 5.13 Å². The van der Waals surface area contributed by atoms with Crippen LogP contribution in [0.2, 0.25) is 0 Å². The van der Waals surface area contributed by atoms with Crippen molar-refractivity contribution in [3.63, 3.8) is 0 Å². The molecule has 3 heterocycles. The van der Waals surface area contributed by atoms with Crippen LogP contribution in [0.25, 0.3) is 22.3 Å². The molecule has 29 heavy (non-hydrogen) atoms. The fourth-order valence-corrected chi connectivity index (χ4v) is 4.42. The zero-order chi connectivity index (χ0) is 20.0. The molecule has 0 radical (unpaired) electrons. The topological polar surface area (TPSA) is 94.7 Å².